The first-order chi connectivity index (χ1) is 10.1. The minimum atomic E-state index is -0.448. The Morgan fingerprint density at radius 1 is 1.29 bits per heavy atom. The van der Waals surface area contributed by atoms with Gasteiger partial charge in [-0.2, -0.15) is 0 Å². The predicted molar refractivity (Wildman–Crippen MR) is 79.0 cm³/mol. The van der Waals surface area contributed by atoms with E-state index in [-0.39, 0.29) is 17.9 Å². The summed E-state index contributed by atoms with van der Waals surface area (Å²) in [4.78, 5) is 16.3. The number of amides is 1. The van der Waals surface area contributed by atoms with E-state index >= 15 is 0 Å². The van der Waals surface area contributed by atoms with Crippen LogP contribution >= 0.6 is 0 Å². The normalized spacial score (nSPS) is 9.62. The van der Waals surface area contributed by atoms with E-state index in [9.17, 15) is 9.90 Å². The number of aromatic nitrogens is 1. The SMILES string of the molecule is Cc1cccc(C(=O)Nc2cccc(C#CCO)n2)c1O. The van der Waals surface area contributed by atoms with E-state index in [0.29, 0.717) is 17.1 Å². The van der Waals surface area contributed by atoms with Crippen molar-refractivity contribution in [1.29, 1.82) is 0 Å². The fourth-order valence-corrected chi connectivity index (χ4v) is 1.73. The second kappa shape index (κ2) is 6.55. The number of pyridine rings is 1. The third-order valence-electron chi connectivity index (χ3n) is 2.77. The number of aryl methyl sites for hydroxylation is 1. The Bertz CT molecular complexity index is 730. The van der Waals surface area contributed by atoms with E-state index in [4.69, 9.17) is 5.11 Å². The minimum absolute atomic E-state index is 0.0498. The molecular formula is C16H14N2O3. The highest BCUT2D eigenvalue weighted by molar-refractivity contribution is 6.05. The maximum absolute atomic E-state index is 12.1. The van der Waals surface area contributed by atoms with Gasteiger partial charge in [0.05, 0.1) is 5.56 Å². The summed E-state index contributed by atoms with van der Waals surface area (Å²) in [6, 6.07) is 9.93. The fourth-order valence-electron chi connectivity index (χ4n) is 1.73. The lowest BCUT2D eigenvalue weighted by Gasteiger charge is -2.08. The number of nitrogens with one attached hydrogen (secondary N) is 1. The number of carbonyl (C=O) groups is 1. The largest absolute Gasteiger partial charge is 0.507 e. The summed E-state index contributed by atoms with van der Waals surface area (Å²) >= 11 is 0. The van der Waals surface area contributed by atoms with Crippen LogP contribution in [0.25, 0.3) is 0 Å². The summed E-state index contributed by atoms with van der Waals surface area (Å²) in [5.41, 5.74) is 1.25. The van der Waals surface area contributed by atoms with E-state index < -0.39 is 5.91 Å². The molecule has 5 heteroatoms. The van der Waals surface area contributed by atoms with Crippen molar-refractivity contribution in [2.75, 3.05) is 11.9 Å². The number of benzene rings is 1. The van der Waals surface area contributed by atoms with Crippen LogP contribution in [0.3, 0.4) is 0 Å². The zero-order chi connectivity index (χ0) is 15.2. The Balaban J connectivity index is 2.22. The monoisotopic (exact) mass is 282 g/mol. The Morgan fingerprint density at radius 3 is 2.81 bits per heavy atom. The minimum Gasteiger partial charge on any atom is -0.507 e. The molecule has 0 atom stereocenters. The van der Waals surface area contributed by atoms with E-state index in [1.807, 2.05) is 0 Å². The van der Waals surface area contributed by atoms with E-state index in [1.54, 1.807) is 37.3 Å². The number of phenolic OH excluding ortho intramolecular Hbond substituents is 1. The van der Waals surface area contributed by atoms with Crippen LogP contribution in [0.2, 0.25) is 0 Å². The molecule has 1 heterocycles. The van der Waals surface area contributed by atoms with Gasteiger partial charge in [-0.3, -0.25) is 4.79 Å². The van der Waals surface area contributed by atoms with Crippen molar-refractivity contribution in [2.45, 2.75) is 6.92 Å². The number of hydrogen-bond donors (Lipinski definition) is 3. The molecule has 3 N–H and O–H groups in total. The smallest absolute Gasteiger partial charge is 0.260 e. The maximum Gasteiger partial charge on any atom is 0.260 e. The number of para-hydroxylation sites is 1. The lowest BCUT2D eigenvalue weighted by Crippen LogP contribution is -2.13. The molecule has 0 fully saturated rings. The van der Waals surface area contributed by atoms with Crippen LogP contribution in [-0.2, 0) is 0 Å². The number of phenols is 1. The predicted octanol–water partition coefficient (Wildman–Crippen LogP) is 1.69. The number of aliphatic hydroxyl groups is 1. The first-order valence-corrected chi connectivity index (χ1v) is 6.28. The molecule has 1 aromatic heterocycles. The van der Waals surface area contributed by atoms with Crippen LogP contribution in [0.4, 0.5) is 5.82 Å². The van der Waals surface area contributed by atoms with Gasteiger partial charge in [0, 0.05) is 0 Å². The van der Waals surface area contributed by atoms with Gasteiger partial charge in [-0.25, -0.2) is 4.98 Å². The lowest BCUT2D eigenvalue weighted by atomic mass is 10.1. The third-order valence-corrected chi connectivity index (χ3v) is 2.77. The number of aliphatic hydroxyl groups excluding tert-OH is 1. The van der Waals surface area contributed by atoms with Gasteiger partial charge in [0.1, 0.15) is 23.9 Å². The van der Waals surface area contributed by atoms with Gasteiger partial charge >= 0.3 is 0 Å². The molecule has 0 saturated carbocycles. The van der Waals surface area contributed by atoms with Gasteiger partial charge in [0.15, 0.2) is 0 Å². The van der Waals surface area contributed by atoms with Gasteiger partial charge in [-0.05, 0) is 36.6 Å². The first kappa shape index (κ1) is 14.6. The molecule has 0 aliphatic rings. The zero-order valence-electron chi connectivity index (χ0n) is 11.4. The number of nitrogens with zero attached hydrogens (tertiary/aromatic N) is 1. The Labute approximate surface area is 122 Å². The van der Waals surface area contributed by atoms with Crippen LogP contribution in [0.15, 0.2) is 36.4 Å². The van der Waals surface area contributed by atoms with Gasteiger partial charge in [-0.15, -0.1) is 0 Å². The summed E-state index contributed by atoms with van der Waals surface area (Å²) in [6.07, 6.45) is 0. The molecule has 0 radical (unpaired) electrons. The summed E-state index contributed by atoms with van der Waals surface area (Å²) in [7, 11) is 0. The summed E-state index contributed by atoms with van der Waals surface area (Å²) < 4.78 is 0. The Morgan fingerprint density at radius 2 is 2.05 bits per heavy atom. The Kier molecular flexibility index (Phi) is 4.54. The molecule has 0 saturated heterocycles. The molecule has 1 amide bonds. The number of aromatic hydroxyl groups is 1. The van der Waals surface area contributed by atoms with Gasteiger partial charge in [0.2, 0.25) is 0 Å². The van der Waals surface area contributed by atoms with Gasteiger partial charge in [0.25, 0.3) is 5.91 Å². The van der Waals surface area contributed by atoms with E-state index in [2.05, 4.69) is 22.1 Å². The van der Waals surface area contributed by atoms with Crippen molar-refractivity contribution in [3.05, 3.63) is 53.2 Å². The highest BCUT2D eigenvalue weighted by Crippen LogP contribution is 2.22. The highest BCUT2D eigenvalue weighted by Gasteiger charge is 2.13. The molecule has 0 bridgehead atoms. The molecule has 21 heavy (non-hydrogen) atoms. The van der Waals surface area contributed by atoms with Gasteiger partial charge < -0.3 is 15.5 Å². The molecule has 0 aliphatic heterocycles. The van der Waals surface area contributed by atoms with Crippen molar-refractivity contribution < 1.29 is 15.0 Å². The number of anilines is 1. The first-order valence-electron chi connectivity index (χ1n) is 6.28. The van der Waals surface area contributed by atoms with Crippen molar-refractivity contribution in [3.63, 3.8) is 0 Å². The van der Waals surface area contributed by atoms with Crippen molar-refractivity contribution >= 4 is 11.7 Å². The van der Waals surface area contributed by atoms with E-state index in [0.717, 1.165) is 0 Å². The molecule has 0 spiro atoms. The van der Waals surface area contributed by atoms with Crippen molar-refractivity contribution in [3.8, 4) is 17.6 Å². The number of rotatable bonds is 2. The van der Waals surface area contributed by atoms with Crippen LogP contribution in [-0.4, -0.2) is 27.7 Å². The summed E-state index contributed by atoms with van der Waals surface area (Å²) in [5.74, 6) is 4.97. The van der Waals surface area contributed by atoms with Crippen molar-refractivity contribution in [1.82, 2.24) is 4.98 Å². The molecule has 0 aliphatic carbocycles. The summed E-state index contributed by atoms with van der Waals surface area (Å²) in [6.45, 7) is 1.46. The topological polar surface area (TPSA) is 82.5 Å². The quantitative estimate of drug-likeness (QED) is 0.732. The molecule has 0 unspecified atom stereocenters. The molecular weight excluding hydrogens is 268 g/mol. The zero-order valence-corrected chi connectivity index (χ0v) is 11.4. The average Bonchev–Trinajstić information content (AvgIpc) is 2.48. The molecule has 5 nitrogen and oxygen atoms in total. The van der Waals surface area contributed by atoms with Gasteiger partial charge in [-0.1, -0.05) is 24.1 Å². The highest BCUT2D eigenvalue weighted by atomic mass is 16.3. The van der Waals surface area contributed by atoms with E-state index in [1.165, 1.54) is 6.07 Å². The molecule has 2 aromatic rings. The lowest BCUT2D eigenvalue weighted by molar-refractivity contribution is 0.102. The standard InChI is InChI=1S/C16H14N2O3/c1-11-5-2-8-13(15(11)20)16(21)18-14-9-3-6-12(17-14)7-4-10-19/h2-3,5-6,8-9,19-20H,10H2,1H3,(H,17,18,21). The molecule has 106 valence electrons. The second-order valence-corrected chi connectivity index (χ2v) is 4.29. The van der Waals surface area contributed by atoms with Crippen LogP contribution in [0, 0.1) is 18.8 Å². The number of hydrogen-bond acceptors (Lipinski definition) is 4. The Hall–Kier alpha value is -2.84. The maximum atomic E-state index is 12.1. The van der Waals surface area contributed by atoms with Crippen LogP contribution < -0.4 is 5.32 Å². The third kappa shape index (κ3) is 3.59. The number of carbonyl (C=O) groups excluding carboxylic acids is 1. The molecule has 2 rings (SSSR count). The van der Waals surface area contributed by atoms with Crippen molar-refractivity contribution in [2.24, 2.45) is 0 Å². The fraction of sp³-hybridized carbons (Fsp3) is 0.125. The second-order valence-electron chi connectivity index (χ2n) is 4.29. The van der Waals surface area contributed by atoms with Crippen LogP contribution in [0.5, 0.6) is 5.75 Å². The van der Waals surface area contributed by atoms with Crippen LogP contribution in [0.1, 0.15) is 21.6 Å². The molecule has 1 aromatic carbocycles. The summed E-state index contributed by atoms with van der Waals surface area (Å²) in [5, 5.41) is 21.1. The average molecular weight is 282 g/mol.